The number of hydrogen-bond donors (Lipinski definition) is 0. The third kappa shape index (κ3) is 13.1. The van der Waals surface area contributed by atoms with Crippen LogP contribution in [-0.2, 0) is 20.6 Å². The lowest BCUT2D eigenvalue weighted by atomic mass is 10.0. The van der Waals surface area contributed by atoms with Gasteiger partial charge in [0.25, 0.3) is 0 Å². The van der Waals surface area contributed by atoms with Crippen molar-refractivity contribution in [3.05, 3.63) is 11.6 Å². The zero-order valence-corrected chi connectivity index (χ0v) is 23.9. The third-order valence-electron chi connectivity index (χ3n) is 5.14. The van der Waals surface area contributed by atoms with Gasteiger partial charge in [-0.15, -0.1) is 11.5 Å². The maximum Gasteiger partial charge on any atom is 0.188 e. The molecule has 0 radical (unpaired) electrons. The molecule has 0 aliphatic heterocycles. The predicted molar refractivity (Wildman–Crippen MR) is 142 cm³/mol. The molecule has 0 fully saturated rings. The monoisotopic (exact) mass is 510 g/mol. The highest BCUT2D eigenvalue weighted by Crippen LogP contribution is 2.45. The molecule has 0 aliphatic rings. The first-order valence-corrected chi connectivity index (χ1v) is 16.0. The lowest BCUT2D eigenvalue weighted by Gasteiger charge is -2.21. The summed E-state index contributed by atoms with van der Waals surface area (Å²) in [5.41, 5.74) is 4.32. The first-order chi connectivity index (χ1) is 16.9. The molecule has 200 valence electrons. The average molecular weight is 511 g/mol. The molecule has 8 heteroatoms. The Morgan fingerprint density at radius 1 is 0.657 bits per heavy atom. The zero-order chi connectivity index (χ0) is 25.9. The largest absolute Gasteiger partial charge is 0.493 e. The summed E-state index contributed by atoms with van der Waals surface area (Å²) in [4.78, 5) is 0. The van der Waals surface area contributed by atoms with E-state index in [2.05, 4.69) is 31.1 Å². The number of benzene rings is 1. The standard InChI is InChI=1S/C27H46O7Si/c1-28-20-32-25-19-24(31-4)26(33-21-29-2)23(27(25)34-22-30-3)17-15-13-11-9-8-10-12-14-16-18-35(5,6)7/h19H,8-15,17,20-22H2,1-7H3. The molecule has 0 amide bonds. The van der Waals surface area contributed by atoms with E-state index in [1.807, 2.05) is 0 Å². The van der Waals surface area contributed by atoms with Crippen LogP contribution < -0.4 is 18.9 Å². The maximum absolute atomic E-state index is 5.91. The minimum Gasteiger partial charge on any atom is -0.493 e. The van der Waals surface area contributed by atoms with Crippen molar-refractivity contribution in [2.75, 3.05) is 48.8 Å². The fourth-order valence-corrected chi connectivity index (χ4v) is 4.19. The van der Waals surface area contributed by atoms with Crippen LogP contribution in [0.15, 0.2) is 6.07 Å². The van der Waals surface area contributed by atoms with Gasteiger partial charge in [-0.05, 0) is 19.3 Å². The Kier molecular flexibility index (Phi) is 16.3. The Labute approximate surface area is 213 Å². The van der Waals surface area contributed by atoms with E-state index < -0.39 is 8.07 Å². The third-order valence-corrected chi connectivity index (χ3v) is 6.07. The van der Waals surface area contributed by atoms with Gasteiger partial charge in [-0.3, -0.25) is 0 Å². The summed E-state index contributed by atoms with van der Waals surface area (Å²) >= 11 is 0. The zero-order valence-electron chi connectivity index (χ0n) is 22.9. The highest BCUT2D eigenvalue weighted by Gasteiger charge is 2.23. The van der Waals surface area contributed by atoms with Crippen molar-refractivity contribution in [1.82, 2.24) is 0 Å². The summed E-state index contributed by atoms with van der Waals surface area (Å²) in [7, 11) is 5.12. The highest BCUT2D eigenvalue weighted by molar-refractivity contribution is 6.83. The van der Waals surface area contributed by atoms with Gasteiger partial charge >= 0.3 is 0 Å². The van der Waals surface area contributed by atoms with Crippen LogP contribution >= 0.6 is 0 Å². The van der Waals surface area contributed by atoms with Gasteiger partial charge in [0.2, 0.25) is 0 Å². The van der Waals surface area contributed by atoms with E-state index in [-0.39, 0.29) is 20.4 Å². The molecule has 0 N–H and O–H groups in total. The van der Waals surface area contributed by atoms with Gasteiger partial charge in [0.1, 0.15) is 8.07 Å². The van der Waals surface area contributed by atoms with Crippen molar-refractivity contribution < 1.29 is 33.2 Å². The van der Waals surface area contributed by atoms with Gasteiger partial charge in [0, 0.05) is 39.4 Å². The quantitative estimate of drug-likeness (QED) is 0.0952. The Bertz CT molecular complexity index is 766. The minimum atomic E-state index is -1.23. The van der Waals surface area contributed by atoms with E-state index in [0.717, 1.165) is 31.2 Å². The van der Waals surface area contributed by atoms with Crippen molar-refractivity contribution in [3.63, 3.8) is 0 Å². The Morgan fingerprint density at radius 2 is 1.17 bits per heavy atom. The van der Waals surface area contributed by atoms with E-state index >= 15 is 0 Å². The van der Waals surface area contributed by atoms with Crippen LogP contribution in [0.1, 0.15) is 56.9 Å². The molecule has 35 heavy (non-hydrogen) atoms. The summed E-state index contributed by atoms with van der Waals surface area (Å²) in [5, 5.41) is 0. The molecular weight excluding hydrogens is 464 g/mol. The Balaban J connectivity index is 2.73. The van der Waals surface area contributed by atoms with Gasteiger partial charge in [-0.1, -0.05) is 51.7 Å². The Morgan fingerprint density at radius 3 is 1.71 bits per heavy atom. The van der Waals surface area contributed by atoms with Crippen molar-refractivity contribution in [2.24, 2.45) is 0 Å². The molecule has 0 heterocycles. The first-order valence-electron chi connectivity index (χ1n) is 12.5. The topological polar surface area (TPSA) is 64.6 Å². The van der Waals surface area contributed by atoms with E-state index in [9.17, 15) is 0 Å². The molecular formula is C27H46O7Si. The molecule has 0 saturated heterocycles. The van der Waals surface area contributed by atoms with Crippen molar-refractivity contribution >= 4 is 8.07 Å². The predicted octanol–water partition coefficient (Wildman–Crippen LogP) is 6.19. The van der Waals surface area contributed by atoms with Gasteiger partial charge in [-0.2, -0.15) is 0 Å². The van der Waals surface area contributed by atoms with Crippen molar-refractivity contribution in [2.45, 2.75) is 77.4 Å². The normalized spacial score (nSPS) is 11.1. The van der Waals surface area contributed by atoms with Crippen LogP contribution in [0.25, 0.3) is 0 Å². The molecule has 1 rings (SSSR count). The number of hydrogen-bond acceptors (Lipinski definition) is 7. The van der Waals surface area contributed by atoms with Gasteiger partial charge in [0.05, 0.1) is 7.11 Å². The second-order valence-corrected chi connectivity index (χ2v) is 14.1. The van der Waals surface area contributed by atoms with Crippen LogP contribution in [0.3, 0.4) is 0 Å². The molecule has 0 bridgehead atoms. The van der Waals surface area contributed by atoms with E-state index in [1.165, 1.54) is 32.1 Å². The van der Waals surface area contributed by atoms with Crippen LogP contribution in [0.2, 0.25) is 19.6 Å². The molecule has 0 saturated carbocycles. The first kappa shape index (κ1) is 31.1. The minimum absolute atomic E-state index is 0.0912. The molecule has 0 unspecified atom stereocenters. The summed E-state index contributed by atoms with van der Waals surface area (Å²) < 4.78 is 38.5. The van der Waals surface area contributed by atoms with E-state index in [0.29, 0.717) is 23.0 Å². The summed E-state index contributed by atoms with van der Waals surface area (Å²) in [6.07, 6.45) is 10.0. The molecule has 0 aliphatic carbocycles. The smallest absolute Gasteiger partial charge is 0.188 e. The number of rotatable bonds is 19. The lowest BCUT2D eigenvalue weighted by molar-refractivity contribution is 0.0292. The van der Waals surface area contributed by atoms with Crippen LogP contribution in [0.5, 0.6) is 23.0 Å². The molecule has 7 nitrogen and oxygen atoms in total. The fraction of sp³-hybridized carbons (Fsp3) is 0.704. The van der Waals surface area contributed by atoms with Crippen LogP contribution in [-0.4, -0.2) is 56.9 Å². The van der Waals surface area contributed by atoms with Crippen LogP contribution in [0.4, 0.5) is 0 Å². The second-order valence-electron chi connectivity index (χ2n) is 9.39. The molecule has 0 aromatic heterocycles. The lowest BCUT2D eigenvalue weighted by Crippen LogP contribution is -2.16. The fourth-order valence-electron chi connectivity index (χ4n) is 3.54. The van der Waals surface area contributed by atoms with Crippen LogP contribution in [0, 0.1) is 11.5 Å². The van der Waals surface area contributed by atoms with Crippen molar-refractivity contribution in [1.29, 1.82) is 0 Å². The van der Waals surface area contributed by atoms with E-state index in [4.69, 9.17) is 33.2 Å². The Hall–Kier alpha value is -1.92. The SMILES string of the molecule is COCOc1cc(OC)c(OCOC)c(CCCCCCCCCC#C[Si](C)(C)C)c1OCOC. The molecule has 1 aromatic rings. The highest BCUT2D eigenvalue weighted by atomic mass is 28.3. The molecule has 0 atom stereocenters. The molecule has 0 spiro atoms. The maximum atomic E-state index is 5.91. The summed E-state index contributed by atoms with van der Waals surface area (Å²) in [6, 6.07) is 1.74. The van der Waals surface area contributed by atoms with Crippen molar-refractivity contribution in [3.8, 4) is 34.5 Å². The second kappa shape index (κ2) is 18.4. The van der Waals surface area contributed by atoms with Gasteiger partial charge in [-0.25, -0.2) is 0 Å². The number of ether oxygens (including phenoxy) is 7. The summed E-state index contributed by atoms with van der Waals surface area (Å²) in [6.45, 7) is 7.16. The molecule has 1 aromatic carbocycles. The number of methoxy groups -OCH3 is 4. The average Bonchev–Trinajstić information content (AvgIpc) is 2.83. The van der Waals surface area contributed by atoms with Gasteiger partial charge < -0.3 is 33.2 Å². The number of unbranched alkanes of at least 4 members (excludes halogenated alkanes) is 7. The summed E-state index contributed by atoms with van der Waals surface area (Å²) in [5.74, 6) is 5.63. The van der Waals surface area contributed by atoms with Gasteiger partial charge in [0.15, 0.2) is 43.4 Å². The van der Waals surface area contributed by atoms with E-state index in [1.54, 1.807) is 34.5 Å².